The second-order valence-electron chi connectivity index (χ2n) is 5.98. The summed E-state index contributed by atoms with van der Waals surface area (Å²) in [5, 5.41) is 17.1. The van der Waals surface area contributed by atoms with Gasteiger partial charge in [0.25, 0.3) is 12.4 Å². The third kappa shape index (κ3) is 3.70. The Morgan fingerprint density at radius 2 is 1.96 bits per heavy atom. The summed E-state index contributed by atoms with van der Waals surface area (Å²) in [6.45, 7) is 4.70. The summed E-state index contributed by atoms with van der Waals surface area (Å²) in [5.41, 5.74) is 1.37. The van der Waals surface area contributed by atoms with Gasteiger partial charge < -0.3 is 19.7 Å². The minimum atomic E-state index is -0.439. The number of rotatable bonds is 2. The van der Waals surface area contributed by atoms with Gasteiger partial charge in [0.2, 0.25) is 0 Å². The van der Waals surface area contributed by atoms with Crippen LogP contribution in [0.25, 0.3) is 0 Å². The molecule has 2 aliphatic heterocycles. The first-order chi connectivity index (χ1) is 11.0. The maximum absolute atomic E-state index is 12.6. The van der Waals surface area contributed by atoms with Gasteiger partial charge in [-0.2, -0.15) is 0 Å². The number of aliphatic hydroxyl groups excluding tert-OH is 1. The first-order valence-corrected chi connectivity index (χ1v) is 7.76. The molecule has 0 spiro atoms. The maximum Gasteiger partial charge on any atom is 0.290 e. The summed E-state index contributed by atoms with van der Waals surface area (Å²) < 4.78 is 1.76. The van der Waals surface area contributed by atoms with Crippen molar-refractivity contribution in [3.05, 3.63) is 17.7 Å². The Bertz CT molecular complexity index is 534. The fourth-order valence-corrected chi connectivity index (χ4v) is 3.37. The largest absolute Gasteiger partial charge is 0.483 e. The van der Waals surface area contributed by atoms with E-state index in [9.17, 15) is 9.90 Å². The molecular weight excluding hydrogens is 300 g/mol. The Morgan fingerprint density at radius 3 is 2.48 bits per heavy atom. The Kier molecular flexibility index (Phi) is 5.73. The average molecular weight is 324 g/mol. The molecule has 8 nitrogen and oxygen atoms in total. The molecular formula is C15H24N4O4. The molecule has 0 saturated carbocycles. The molecule has 2 fully saturated rings. The van der Waals surface area contributed by atoms with Crippen molar-refractivity contribution >= 4 is 12.4 Å². The van der Waals surface area contributed by atoms with E-state index in [-0.39, 0.29) is 18.4 Å². The molecule has 0 aromatic carbocycles. The number of β-amino-alcohol motifs (C(OH)–C–C–N with tert-alkyl or cyclic N) is 1. The molecule has 8 heteroatoms. The zero-order chi connectivity index (χ0) is 17.0. The molecule has 1 amide bonds. The Labute approximate surface area is 135 Å². The van der Waals surface area contributed by atoms with E-state index >= 15 is 0 Å². The summed E-state index contributed by atoms with van der Waals surface area (Å²) >= 11 is 0. The fraction of sp³-hybridized carbons (Fsp3) is 0.667. The number of aryl methyl sites for hydroxylation is 2. The predicted octanol–water partition coefficient (Wildman–Crippen LogP) is -0.290. The average Bonchev–Trinajstić information content (AvgIpc) is 3.20. The van der Waals surface area contributed by atoms with Crippen molar-refractivity contribution in [3.63, 3.8) is 0 Å². The lowest BCUT2D eigenvalue weighted by Crippen LogP contribution is -2.41. The molecule has 0 unspecified atom stereocenters. The van der Waals surface area contributed by atoms with Gasteiger partial charge in [-0.25, -0.2) is 4.98 Å². The first-order valence-electron chi connectivity index (χ1n) is 7.76. The van der Waals surface area contributed by atoms with Crippen molar-refractivity contribution in [1.82, 2.24) is 19.4 Å². The summed E-state index contributed by atoms with van der Waals surface area (Å²) in [4.78, 5) is 29.2. The SMILES string of the molecule is Cc1ncn(C)c1C(=O)N1C[C@H](O)[C@@H](N2CCCC2)C1.O=CO. The van der Waals surface area contributed by atoms with Gasteiger partial charge in [0.05, 0.1) is 24.2 Å². The van der Waals surface area contributed by atoms with Crippen LogP contribution < -0.4 is 0 Å². The van der Waals surface area contributed by atoms with E-state index in [0.29, 0.717) is 18.8 Å². The Morgan fingerprint density at radius 1 is 1.35 bits per heavy atom. The molecule has 0 aliphatic carbocycles. The Balaban J connectivity index is 0.000000595. The quantitative estimate of drug-likeness (QED) is 0.726. The van der Waals surface area contributed by atoms with Crippen LogP contribution >= 0.6 is 0 Å². The number of likely N-dealkylation sites (tertiary alicyclic amines) is 2. The normalized spacial score (nSPS) is 24.4. The lowest BCUT2D eigenvalue weighted by atomic mass is 10.2. The molecule has 3 rings (SSSR count). The van der Waals surface area contributed by atoms with E-state index in [0.717, 1.165) is 18.8 Å². The highest BCUT2D eigenvalue weighted by molar-refractivity contribution is 5.94. The number of amides is 1. The highest BCUT2D eigenvalue weighted by atomic mass is 16.3. The maximum atomic E-state index is 12.6. The number of nitrogens with zero attached hydrogens (tertiary/aromatic N) is 4. The van der Waals surface area contributed by atoms with E-state index in [4.69, 9.17) is 9.90 Å². The molecule has 2 atom stereocenters. The van der Waals surface area contributed by atoms with Gasteiger partial charge in [-0.3, -0.25) is 14.5 Å². The highest BCUT2D eigenvalue weighted by Gasteiger charge is 2.39. The molecule has 0 radical (unpaired) electrons. The Hall–Kier alpha value is -1.93. The van der Waals surface area contributed by atoms with Crippen molar-refractivity contribution in [2.24, 2.45) is 7.05 Å². The van der Waals surface area contributed by atoms with Gasteiger partial charge in [-0.05, 0) is 32.9 Å². The topological polar surface area (TPSA) is 98.9 Å². The summed E-state index contributed by atoms with van der Waals surface area (Å²) in [6, 6.07) is 0.0926. The second-order valence-corrected chi connectivity index (χ2v) is 5.98. The molecule has 2 saturated heterocycles. The standard InChI is InChI=1S/C14H22N4O2.CH2O2/c1-10-13(16(2)9-15-10)14(20)18-7-11(12(19)8-18)17-5-3-4-6-17;2-1-3/h9,11-12,19H,3-8H2,1-2H3;1H,(H,2,3)/t11-,12-;/m0./s1. The van der Waals surface area contributed by atoms with E-state index in [1.165, 1.54) is 12.8 Å². The van der Waals surface area contributed by atoms with E-state index in [1.807, 2.05) is 14.0 Å². The van der Waals surface area contributed by atoms with Gasteiger partial charge in [0.1, 0.15) is 5.69 Å². The number of hydrogen-bond donors (Lipinski definition) is 2. The minimum Gasteiger partial charge on any atom is -0.483 e. The minimum absolute atomic E-state index is 0.0248. The fourth-order valence-electron chi connectivity index (χ4n) is 3.37. The van der Waals surface area contributed by atoms with Crippen LogP contribution in [0.15, 0.2) is 6.33 Å². The lowest BCUT2D eigenvalue weighted by Gasteiger charge is -2.25. The van der Waals surface area contributed by atoms with Crippen LogP contribution in [-0.4, -0.2) is 80.3 Å². The second kappa shape index (κ2) is 7.56. The van der Waals surface area contributed by atoms with Crippen LogP contribution in [0, 0.1) is 6.92 Å². The predicted molar refractivity (Wildman–Crippen MR) is 83.1 cm³/mol. The molecule has 2 aliphatic rings. The van der Waals surface area contributed by atoms with Gasteiger partial charge >= 0.3 is 0 Å². The number of aliphatic hydroxyl groups is 1. The van der Waals surface area contributed by atoms with Crippen molar-refractivity contribution in [2.75, 3.05) is 26.2 Å². The van der Waals surface area contributed by atoms with Gasteiger partial charge in [-0.15, -0.1) is 0 Å². The zero-order valence-corrected chi connectivity index (χ0v) is 13.6. The summed E-state index contributed by atoms with van der Waals surface area (Å²) in [6.07, 6.45) is 3.61. The van der Waals surface area contributed by atoms with Crippen molar-refractivity contribution in [2.45, 2.75) is 31.9 Å². The third-order valence-corrected chi connectivity index (χ3v) is 4.48. The number of carbonyl (C=O) groups excluding carboxylic acids is 1. The number of aromatic nitrogens is 2. The van der Waals surface area contributed by atoms with Gasteiger partial charge in [0, 0.05) is 20.1 Å². The van der Waals surface area contributed by atoms with E-state index < -0.39 is 6.10 Å². The van der Waals surface area contributed by atoms with Crippen LogP contribution in [0.2, 0.25) is 0 Å². The molecule has 128 valence electrons. The third-order valence-electron chi connectivity index (χ3n) is 4.48. The molecule has 1 aromatic rings. The number of carbonyl (C=O) groups is 2. The van der Waals surface area contributed by atoms with Crippen LogP contribution in [0.3, 0.4) is 0 Å². The van der Waals surface area contributed by atoms with Crippen LogP contribution in [0.1, 0.15) is 29.0 Å². The van der Waals surface area contributed by atoms with Crippen LogP contribution in [0.5, 0.6) is 0 Å². The molecule has 0 bridgehead atoms. The van der Waals surface area contributed by atoms with Crippen molar-refractivity contribution < 1.29 is 19.8 Å². The number of hydrogen-bond acceptors (Lipinski definition) is 5. The van der Waals surface area contributed by atoms with E-state index in [1.54, 1.807) is 15.8 Å². The monoisotopic (exact) mass is 324 g/mol. The molecule has 23 heavy (non-hydrogen) atoms. The summed E-state index contributed by atoms with van der Waals surface area (Å²) in [5.74, 6) is -0.0248. The summed E-state index contributed by atoms with van der Waals surface area (Å²) in [7, 11) is 1.83. The first kappa shape index (κ1) is 17.4. The van der Waals surface area contributed by atoms with Gasteiger partial charge in [0.15, 0.2) is 0 Å². The highest BCUT2D eigenvalue weighted by Crippen LogP contribution is 2.22. The number of carboxylic acid groups (broad SMARTS) is 1. The van der Waals surface area contributed by atoms with E-state index in [2.05, 4.69) is 9.88 Å². The zero-order valence-electron chi connectivity index (χ0n) is 13.6. The lowest BCUT2D eigenvalue weighted by molar-refractivity contribution is -0.122. The van der Waals surface area contributed by atoms with Gasteiger partial charge in [-0.1, -0.05) is 0 Å². The van der Waals surface area contributed by atoms with Crippen molar-refractivity contribution in [1.29, 1.82) is 0 Å². The van der Waals surface area contributed by atoms with Crippen LogP contribution in [0.4, 0.5) is 0 Å². The molecule has 3 heterocycles. The molecule has 1 aromatic heterocycles. The van der Waals surface area contributed by atoms with Crippen LogP contribution in [-0.2, 0) is 11.8 Å². The number of imidazole rings is 1. The molecule has 2 N–H and O–H groups in total. The smallest absolute Gasteiger partial charge is 0.290 e. The van der Waals surface area contributed by atoms with Crippen molar-refractivity contribution in [3.8, 4) is 0 Å².